The van der Waals surface area contributed by atoms with E-state index in [1.54, 1.807) is 0 Å². The number of aliphatic carboxylic acids is 2. The average Bonchev–Trinajstić information content (AvgIpc) is 3.40. The standard InChI is InChI=1S/C18H25N3O2.2C2HF3O2/c22-17-5-3-9-21(17)16-6-11-23-18(12-16)7-10-20(14-18)13-15-4-1-2-8-19-15;2*3-2(4,5)1(6)7/h1-2,4,8,16H,3,5-7,9-14H2;2*(H,6,7)/t16-,18-;;/m1../s1. The topological polar surface area (TPSA) is 120 Å². The highest BCUT2D eigenvalue weighted by atomic mass is 19.4. The molecule has 1 amide bonds. The monoisotopic (exact) mass is 543 g/mol. The molecule has 9 nitrogen and oxygen atoms in total. The van der Waals surface area contributed by atoms with Crippen molar-refractivity contribution < 1.29 is 55.7 Å². The molecule has 3 aliphatic heterocycles. The summed E-state index contributed by atoms with van der Waals surface area (Å²) in [4.78, 5) is 38.8. The highest BCUT2D eigenvalue weighted by Gasteiger charge is 2.45. The van der Waals surface area contributed by atoms with Crippen molar-refractivity contribution in [2.75, 3.05) is 26.2 Å². The number of hydrogen-bond donors (Lipinski definition) is 2. The van der Waals surface area contributed by atoms with Crippen LogP contribution in [0, 0.1) is 0 Å². The van der Waals surface area contributed by atoms with E-state index in [4.69, 9.17) is 24.5 Å². The van der Waals surface area contributed by atoms with Gasteiger partial charge in [-0.1, -0.05) is 6.07 Å². The number of carbonyl (C=O) groups is 3. The number of nitrogens with zero attached hydrogens (tertiary/aromatic N) is 3. The number of halogens is 6. The maximum Gasteiger partial charge on any atom is 0.490 e. The van der Waals surface area contributed by atoms with E-state index < -0.39 is 24.3 Å². The number of amides is 1. The Morgan fingerprint density at radius 2 is 1.70 bits per heavy atom. The minimum Gasteiger partial charge on any atom is -0.475 e. The predicted molar refractivity (Wildman–Crippen MR) is 114 cm³/mol. The Balaban J connectivity index is 0.000000286. The van der Waals surface area contributed by atoms with Crippen LogP contribution in [-0.2, 0) is 25.7 Å². The minimum absolute atomic E-state index is 0.0550. The van der Waals surface area contributed by atoms with Crippen LogP contribution >= 0.6 is 0 Å². The van der Waals surface area contributed by atoms with Crippen molar-refractivity contribution in [3.8, 4) is 0 Å². The number of alkyl halides is 6. The lowest BCUT2D eigenvalue weighted by Crippen LogP contribution is -2.50. The average molecular weight is 543 g/mol. The molecule has 0 saturated carbocycles. The third-order valence-electron chi connectivity index (χ3n) is 6.01. The van der Waals surface area contributed by atoms with Gasteiger partial charge in [-0.25, -0.2) is 9.59 Å². The largest absolute Gasteiger partial charge is 0.490 e. The smallest absolute Gasteiger partial charge is 0.475 e. The van der Waals surface area contributed by atoms with E-state index in [2.05, 4.69) is 20.9 Å². The quantitative estimate of drug-likeness (QED) is 0.559. The maximum absolute atomic E-state index is 12.0. The molecular weight excluding hydrogens is 516 g/mol. The van der Waals surface area contributed by atoms with Crippen molar-refractivity contribution in [3.63, 3.8) is 0 Å². The number of carboxylic acids is 2. The molecule has 2 atom stereocenters. The molecule has 0 bridgehead atoms. The molecule has 1 aromatic rings. The van der Waals surface area contributed by atoms with Crippen molar-refractivity contribution in [2.45, 2.75) is 62.6 Å². The summed E-state index contributed by atoms with van der Waals surface area (Å²) in [5, 5.41) is 14.2. The van der Waals surface area contributed by atoms with Gasteiger partial charge in [0.15, 0.2) is 0 Å². The molecule has 0 unspecified atom stereocenters. The second-order valence-corrected chi connectivity index (χ2v) is 8.76. The molecular formula is C22H27F6N3O6. The van der Waals surface area contributed by atoms with Gasteiger partial charge in [-0.15, -0.1) is 0 Å². The summed E-state index contributed by atoms with van der Waals surface area (Å²) < 4.78 is 69.7. The van der Waals surface area contributed by atoms with Crippen LogP contribution in [0.25, 0.3) is 0 Å². The van der Waals surface area contributed by atoms with Gasteiger partial charge < -0.3 is 19.8 Å². The SMILES string of the molecule is O=C(O)C(F)(F)F.O=C(O)C(F)(F)F.O=C1CCCN1[C@@H]1CCO[C@]2(CCN(Cc3ccccn3)C2)C1. The van der Waals surface area contributed by atoms with Gasteiger partial charge in [-0.3, -0.25) is 14.7 Å². The lowest BCUT2D eigenvalue weighted by Gasteiger charge is -2.41. The van der Waals surface area contributed by atoms with E-state index in [1.807, 2.05) is 18.3 Å². The van der Waals surface area contributed by atoms with Crippen molar-refractivity contribution in [3.05, 3.63) is 30.1 Å². The van der Waals surface area contributed by atoms with Gasteiger partial charge in [0.05, 0.1) is 11.3 Å². The predicted octanol–water partition coefficient (Wildman–Crippen LogP) is 3.09. The Kier molecular flexibility index (Phi) is 10.3. The molecule has 37 heavy (non-hydrogen) atoms. The van der Waals surface area contributed by atoms with Gasteiger partial charge in [0.2, 0.25) is 5.91 Å². The first-order valence-corrected chi connectivity index (χ1v) is 11.3. The van der Waals surface area contributed by atoms with Crippen molar-refractivity contribution in [1.82, 2.24) is 14.8 Å². The van der Waals surface area contributed by atoms with Gasteiger partial charge in [-0.05, 0) is 37.8 Å². The molecule has 15 heteroatoms. The van der Waals surface area contributed by atoms with Gasteiger partial charge in [0.25, 0.3) is 0 Å². The van der Waals surface area contributed by atoms with Crippen LogP contribution in [0.15, 0.2) is 24.4 Å². The Labute approximate surface area is 208 Å². The Morgan fingerprint density at radius 3 is 2.19 bits per heavy atom. The van der Waals surface area contributed by atoms with Gasteiger partial charge >= 0.3 is 24.3 Å². The number of pyridine rings is 1. The number of carbonyl (C=O) groups excluding carboxylic acids is 1. The molecule has 0 aromatic carbocycles. The fourth-order valence-corrected chi connectivity index (χ4v) is 4.39. The summed E-state index contributed by atoms with van der Waals surface area (Å²) in [7, 11) is 0. The van der Waals surface area contributed by atoms with Gasteiger partial charge in [-0.2, -0.15) is 26.3 Å². The Bertz CT molecular complexity index is 906. The van der Waals surface area contributed by atoms with Gasteiger partial charge in [0.1, 0.15) is 0 Å². The molecule has 4 rings (SSSR count). The summed E-state index contributed by atoms with van der Waals surface area (Å²) in [5.41, 5.74) is 1.06. The van der Waals surface area contributed by atoms with E-state index in [-0.39, 0.29) is 5.60 Å². The van der Waals surface area contributed by atoms with E-state index in [0.29, 0.717) is 11.9 Å². The summed E-state index contributed by atoms with van der Waals surface area (Å²) in [5.74, 6) is -5.17. The maximum atomic E-state index is 12.0. The van der Waals surface area contributed by atoms with Crippen LogP contribution in [0.2, 0.25) is 0 Å². The van der Waals surface area contributed by atoms with Crippen LogP contribution < -0.4 is 0 Å². The Hall–Kier alpha value is -2.94. The number of hydrogen-bond acceptors (Lipinski definition) is 6. The van der Waals surface area contributed by atoms with Gasteiger partial charge in [0, 0.05) is 51.4 Å². The van der Waals surface area contributed by atoms with E-state index in [9.17, 15) is 31.1 Å². The van der Waals surface area contributed by atoms with Crippen molar-refractivity contribution in [1.29, 1.82) is 0 Å². The first-order valence-electron chi connectivity index (χ1n) is 11.3. The molecule has 2 N–H and O–H groups in total. The first-order chi connectivity index (χ1) is 17.1. The third-order valence-corrected chi connectivity index (χ3v) is 6.01. The fourth-order valence-electron chi connectivity index (χ4n) is 4.39. The summed E-state index contributed by atoms with van der Waals surface area (Å²) in [6, 6.07) is 6.46. The van der Waals surface area contributed by atoms with Crippen molar-refractivity contribution >= 4 is 17.8 Å². The van der Waals surface area contributed by atoms with Crippen LogP contribution in [0.5, 0.6) is 0 Å². The molecule has 0 radical (unpaired) electrons. The fraction of sp³-hybridized carbons (Fsp3) is 0.636. The number of carboxylic acid groups (broad SMARTS) is 2. The van der Waals surface area contributed by atoms with E-state index >= 15 is 0 Å². The molecule has 1 spiro atoms. The summed E-state index contributed by atoms with van der Waals surface area (Å²) >= 11 is 0. The second-order valence-electron chi connectivity index (χ2n) is 8.76. The van der Waals surface area contributed by atoms with Crippen LogP contribution in [0.3, 0.4) is 0 Å². The molecule has 3 fully saturated rings. The molecule has 208 valence electrons. The normalized spacial score (nSPS) is 24.2. The zero-order valence-electron chi connectivity index (χ0n) is 19.6. The highest BCUT2D eigenvalue weighted by molar-refractivity contribution is 5.78. The molecule has 0 aliphatic carbocycles. The lowest BCUT2D eigenvalue weighted by molar-refractivity contribution is -0.193. The van der Waals surface area contributed by atoms with Crippen LogP contribution in [0.1, 0.15) is 37.8 Å². The second kappa shape index (κ2) is 12.5. The van der Waals surface area contributed by atoms with E-state index in [1.165, 1.54) is 0 Å². The lowest BCUT2D eigenvalue weighted by atomic mass is 9.89. The zero-order chi connectivity index (χ0) is 27.9. The van der Waals surface area contributed by atoms with Crippen LogP contribution in [0.4, 0.5) is 26.3 Å². The molecule has 1 aromatic heterocycles. The third kappa shape index (κ3) is 9.46. The number of likely N-dealkylation sites (tertiary alicyclic amines) is 2. The van der Waals surface area contributed by atoms with E-state index in [0.717, 1.165) is 70.6 Å². The van der Waals surface area contributed by atoms with Crippen LogP contribution in [-0.4, -0.2) is 93.1 Å². The number of ether oxygens (including phenoxy) is 1. The summed E-state index contributed by atoms with van der Waals surface area (Å²) in [6.45, 7) is 4.63. The number of aromatic nitrogens is 1. The number of rotatable bonds is 3. The van der Waals surface area contributed by atoms with Crippen molar-refractivity contribution in [2.24, 2.45) is 0 Å². The summed E-state index contributed by atoms with van der Waals surface area (Å²) in [6.07, 6.45) is -3.50. The Morgan fingerprint density at radius 1 is 1.08 bits per heavy atom. The zero-order valence-corrected chi connectivity index (χ0v) is 19.6. The first kappa shape index (κ1) is 30.3. The highest BCUT2D eigenvalue weighted by Crippen LogP contribution is 2.37. The minimum atomic E-state index is -5.08. The molecule has 3 aliphatic rings. The molecule has 3 saturated heterocycles. The molecule has 4 heterocycles.